The molecular weight excluding hydrogens is 206 g/mol. The molecule has 0 heterocycles. The average molecular weight is 209 g/mol. The van der Waals surface area contributed by atoms with Crippen LogP contribution in [0.4, 0.5) is 23.2 Å². The van der Waals surface area contributed by atoms with E-state index in [0.29, 0.717) is 6.07 Å². The van der Waals surface area contributed by atoms with Crippen molar-refractivity contribution in [1.82, 2.24) is 0 Å². The molecule has 0 aliphatic carbocycles. The topological polar surface area (TPSA) is 43.1 Å². The minimum absolute atomic E-state index is 0.201. The van der Waals surface area contributed by atoms with Gasteiger partial charge in [0.25, 0.3) is 5.69 Å². The molecule has 0 N–H and O–H groups in total. The molecule has 1 rings (SSSR count). The second-order valence-electron chi connectivity index (χ2n) is 2.45. The predicted molar refractivity (Wildman–Crippen MR) is 38.1 cm³/mol. The number of halogens is 4. The molecule has 76 valence electrons. The van der Waals surface area contributed by atoms with E-state index >= 15 is 0 Å². The smallest absolute Gasteiger partial charge is 0.258 e. The van der Waals surface area contributed by atoms with Crippen molar-refractivity contribution in [2.75, 3.05) is 0 Å². The van der Waals surface area contributed by atoms with Crippen molar-refractivity contribution in [1.29, 1.82) is 0 Å². The number of non-ortho nitro benzene ring substituents is 1. The summed E-state index contributed by atoms with van der Waals surface area (Å²) in [6.07, 6.45) is -4.78. The molecule has 0 saturated carbocycles. The van der Waals surface area contributed by atoms with Crippen molar-refractivity contribution in [3.8, 4) is 0 Å². The largest absolute Gasteiger partial charge is 0.416 e. The third-order valence-corrected chi connectivity index (χ3v) is 1.42. The van der Waals surface area contributed by atoms with Crippen LogP contribution in [0.3, 0.4) is 0 Å². The van der Waals surface area contributed by atoms with Gasteiger partial charge in [-0.25, -0.2) is 4.39 Å². The van der Waals surface area contributed by atoms with Crippen LogP contribution in [-0.4, -0.2) is 4.92 Å². The summed E-state index contributed by atoms with van der Waals surface area (Å²) >= 11 is 0. The molecule has 7 heteroatoms. The van der Waals surface area contributed by atoms with Crippen LogP contribution in [0, 0.1) is 15.9 Å². The van der Waals surface area contributed by atoms with Gasteiger partial charge in [0.2, 0.25) is 0 Å². The molecule has 3 nitrogen and oxygen atoms in total. The molecule has 0 atom stereocenters. The summed E-state index contributed by atoms with van der Waals surface area (Å²) in [6, 6.07) is 0.908. The van der Waals surface area contributed by atoms with Crippen molar-refractivity contribution in [3.05, 3.63) is 39.7 Å². The molecule has 0 aliphatic rings. The number of nitrogens with zero attached hydrogens (tertiary/aromatic N) is 1. The van der Waals surface area contributed by atoms with E-state index in [4.69, 9.17) is 0 Å². The summed E-state index contributed by atoms with van der Waals surface area (Å²) in [6.45, 7) is 0. The first-order valence-corrected chi connectivity index (χ1v) is 3.33. The lowest BCUT2D eigenvalue weighted by atomic mass is 10.2. The van der Waals surface area contributed by atoms with Crippen molar-refractivity contribution in [3.63, 3.8) is 0 Å². The van der Waals surface area contributed by atoms with Crippen LogP contribution < -0.4 is 0 Å². The zero-order chi connectivity index (χ0) is 10.9. The molecule has 0 aliphatic heterocycles. The van der Waals surface area contributed by atoms with Crippen LogP contribution in [0.5, 0.6) is 0 Å². The van der Waals surface area contributed by atoms with E-state index < -0.39 is 28.2 Å². The van der Waals surface area contributed by atoms with E-state index in [2.05, 4.69) is 0 Å². The van der Waals surface area contributed by atoms with E-state index in [1.54, 1.807) is 0 Å². The van der Waals surface area contributed by atoms with Gasteiger partial charge < -0.3 is 0 Å². The maximum atomic E-state index is 12.5. The van der Waals surface area contributed by atoms with Gasteiger partial charge in [-0.3, -0.25) is 10.1 Å². The van der Waals surface area contributed by atoms with Crippen LogP contribution in [0.1, 0.15) is 5.56 Å². The third-order valence-electron chi connectivity index (χ3n) is 1.42. The SMILES string of the molecule is O=[N+]([O-])c1cc(F)cc(C(F)(F)F)c1. The fourth-order valence-corrected chi connectivity index (χ4v) is 0.843. The quantitative estimate of drug-likeness (QED) is 0.405. The first-order chi connectivity index (χ1) is 6.30. The Bertz CT molecular complexity index is 374. The van der Waals surface area contributed by atoms with Crippen LogP contribution in [-0.2, 0) is 6.18 Å². The van der Waals surface area contributed by atoms with Gasteiger partial charge in [0.15, 0.2) is 0 Å². The van der Waals surface area contributed by atoms with Crippen molar-refractivity contribution >= 4 is 5.69 Å². The number of hydrogen-bond donors (Lipinski definition) is 0. The molecule has 0 radical (unpaired) electrons. The summed E-state index contributed by atoms with van der Waals surface area (Å²) in [5.74, 6) is -1.29. The molecule has 0 unspecified atom stereocenters. The van der Waals surface area contributed by atoms with Crippen molar-refractivity contribution in [2.45, 2.75) is 6.18 Å². The lowest BCUT2D eigenvalue weighted by Crippen LogP contribution is -2.06. The average Bonchev–Trinajstić information content (AvgIpc) is 2.01. The van der Waals surface area contributed by atoms with Crippen LogP contribution in [0.15, 0.2) is 18.2 Å². The fraction of sp³-hybridized carbons (Fsp3) is 0.143. The molecule has 0 aromatic heterocycles. The Morgan fingerprint density at radius 2 is 1.79 bits per heavy atom. The Labute approximate surface area is 75.1 Å². The molecule has 0 bridgehead atoms. The highest BCUT2D eigenvalue weighted by Crippen LogP contribution is 2.32. The number of rotatable bonds is 1. The van der Waals surface area contributed by atoms with E-state index in [9.17, 15) is 27.7 Å². The van der Waals surface area contributed by atoms with Gasteiger partial charge in [0.1, 0.15) is 5.82 Å². The van der Waals surface area contributed by atoms with Gasteiger partial charge in [0, 0.05) is 6.07 Å². The Morgan fingerprint density at radius 3 is 2.21 bits per heavy atom. The molecule has 0 fully saturated rings. The van der Waals surface area contributed by atoms with Gasteiger partial charge in [-0.15, -0.1) is 0 Å². The Morgan fingerprint density at radius 1 is 1.21 bits per heavy atom. The fourth-order valence-electron chi connectivity index (χ4n) is 0.843. The monoisotopic (exact) mass is 209 g/mol. The van der Waals surface area contributed by atoms with E-state index in [1.165, 1.54) is 0 Å². The lowest BCUT2D eigenvalue weighted by Gasteiger charge is -2.05. The third kappa shape index (κ3) is 2.18. The Kier molecular flexibility index (Phi) is 2.41. The van der Waals surface area contributed by atoms with Crippen molar-refractivity contribution in [2.24, 2.45) is 0 Å². The van der Waals surface area contributed by atoms with Gasteiger partial charge >= 0.3 is 6.18 Å². The molecule has 0 amide bonds. The number of nitro groups is 1. The molecule has 14 heavy (non-hydrogen) atoms. The van der Waals surface area contributed by atoms with E-state index in [0.717, 1.165) is 0 Å². The van der Waals surface area contributed by atoms with Gasteiger partial charge in [-0.1, -0.05) is 0 Å². The maximum Gasteiger partial charge on any atom is 0.416 e. The number of nitro benzene ring substituents is 1. The standard InChI is InChI=1S/C7H3F4NO2/c8-5-1-4(7(9,10)11)2-6(3-5)12(13)14/h1-3H. The highest BCUT2D eigenvalue weighted by atomic mass is 19.4. The Balaban J connectivity index is 3.28. The molecule has 1 aromatic carbocycles. The first kappa shape index (κ1) is 10.4. The van der Waals surface area contributed by atoms with Crippen LogP contribution in [0.25, 0.3) is 0 Å². The second kappa shape index (κ2) is 3.24. The van der Waals surface area contributed by atoms with Gasteiger partial charge in [-0.05, 0) is 6.07 Å². The van der Waals surface area contributed by atoms with E-state index in [1.807, 2.05) is 0 Å². The highest BCUT2D eigenvalue weighted by molar-refractivity contribution is 5.36. The number of hydrogen-bond acceptors (Lipinski definition) is 2. The predicted octanol–water partition coefficient (Wildman–Crippen LogP) is 2.75. The summed E-state index contributed by atoms with van der Waals surface area (Å²) in [5, 5.41) is 10.1. The summed E-state index contributed by atoms with van der Waals surface area (Å²) < 4.78 is 48.6. The summed E-state index contributed by atoms with van der Waals surface area (Å²) in [5.41, 5.74) is -2.29. The lowest BCUT2D eigenvalue weighted by molar-refractivity contribution is -0.385. The zero-order valence-corrected chi connectivity index (χ0v) is 6.51. The maximum absolute atomic E-state index is 12.5. The number of alkyl halides is 3. The van der Waals surface area contributed by atoms with Crippen LogP contribution >= 0.6 is 0 Å². The molecule has 0 spiro atoms. The normalized spacial score (nSPS) is 11.4. The molecule has 1 aromatic rings. The molecular formula is C7H3F4NO2. The van der Waals surface area contributed by atoms with Gasteiger partial charge in [0.05, 0.1) is 16.6 Å². The Hall–Kier alpha value is -1.66. The van der Waals surface area contributed by atoms with Gasteiger partial charge in [-0.2, -0.15) is 13.2 Å². The molecule has 0 saturated heterocycles. The summed E-state index contributed by atoms with van der Waals surface area (Å²) in [7, 11) is 0. The first-order valence-electron chi connectivity index (χ1n) is 3.33. The summed E-state index contributed by atoms with van der Waals surface area (Å²) in [4.78, 5) is 9.02. The highest BCUT2D eigenvalue weighted by Gasteiger charge is 2.32. The zero-order valence-electron chi connectivity index (χ0n) is 6.51. The van der Waals surface area contributed by atoms with Crippen LogP contribution in [0.2, 0.25) is 0 Å². The minimum Gasteiger partial charge on any atom is -0.258 e. The minimum atomic E-state index is -4.78. The second-order valence-corrected chi connectivity index (χ2v) is 2.45. The van der Waals surface area contributed by atoms with E-state index in [-0.39, 0.29) is 12.1 Å². The van der Waals surface area contributed by atoms with Crippen molar-refractivity contribution < 1.29 is 22.5 Å². The number of benzene rings is 1.